The van der Waals surface area contributed by atoms with Gasteiger partial charge in [-0.3, -0.25) is 4.84 Å². The van der Waals surface area contributed by atoms with Gasteiger partial charge in [0.2, 0.25) is 0 Å². The molecule has 33 heavy (non-hydrogen) atoms. The molecule has 2 aromatic rings. The van der Waals surface area contributed by atoms with E-state index in [0.717, 1.165) is 11.1 Å². The third-order valence-electron chi connectivity index (χ3n) is 6.76. The van der Waals surface area contributed by atoms with Crippen LogP contribution in [0.5, 0.6) is 0 Å². The van der Waals surface area contributed by atoms with Crippen LogP contribution in [-0.2, 0) is 37.0 Å². The first-order valence-electron chi connectivity index (χ1n) is 11.7. The highest BCUT2D eigenvalue weighted by molar-refractivity contribution is 5.15. The van der Waals surface area contributed by atoms with Gasteiger partial charge in [0.05, 0.1) is 51.2 Å². The number of benzene rings is 2. The summed E-state index contributed by atoms with van der Waals surface area (Å²) >= 11 is 0. The highest BCUT2D eigenvalue weighted by Gasteiger charge is 2.59. The average molecular weight is 456 g/mol. The van der Waals surface area contributed by atoms with Crippen molar-refractivity contribution in [2.45, 2.75) is 63.2 Å². The Morgan fingerprint density at radius 3 is 1.97 bits per heavy atom. The quantitative estimate of drug-likeness (QED) is 0.688. The largest absolute Gasteiger partial charge is 0.390 e. The van der Waals surface area contributed by atoms with E-state index in [1.165, 1.54) is 0 Å². The molecule has 0 bridgehead atoms. The van der Waals surface area contributed by atoms with Gasteiger partial charge in [-0.15, -0.1) is 0 Å². The SMILES string of the molecule is CC1(C)OCC(N2OC[C@@H]3[C@@H](O)[C@H](OCc4ccccc4)[C@H](OCc4ccccc4)[C@@H]32)CO1. The molecule has 3 fully saturated rings. The van der Waals surface area contributed by atoms with Gasteiger partial charge in [-0.2, -0.15) is 5.06 Å². The Morgan fingerprint density at radius 2 is 1.39 bits per heavy atom. The van der Waals surface area contributed by atoms with Crippen LogP contribution >= 0.6 is 0 Å². The molecule has 2 aliphatic heterocycles. The molecule has 1 N–H and O–H groups in total. The molecule has 2 aromatic carbocycles. The molecular weight excluding hydrogens is 422 g/mol. The Bertz CT molecular complexity index is 884. The smallest absolute Gasteiger partial charge is 0.162 e. The normalized spacial score (nSPS) is 32.2. The van der Waals surface area contributed by atoms with Crippen LogP contribution in [0.25, 0.3) is 0 Å². The first kappa shape index (κ1) is 22.9. The zero-order chi connectivity index (χ0) is 22.8. The number of aliphatic hydroxyl groups is 1. The molecular formula is C26H33NO6. The van der Waals surface area contributed by atoms with Crippen LogP contribution in [0.15, 0.2) is 60.7 Å². The molecule has 5 atom stereocenters. The van der Waals surface area contributed by atoms with Gasteiger partial charge in [-0.05, 0) is 25.0 Å². The Kier molecular flexibility index (Phi) is 6.81. The highest BCUT2D eigenvalue weighted by Crippen LogP contribution is 2.42. The summed E-state index contributed by atoms with van der Waals surface area (Å²) in [6, 6.07) is 19.8. The topological polar surface area (TPSA) is 69.6 Å². The molecule has 7 heteroatoms. The van der Waals surface area contributed by atoms with E-state index in [1.54, 1.807) is 0 Å². The first-order valence-corrected chi connectivity index (χ1v) is 11.7. The summed E-state index contributed by atoms with van der Waals surface area (Å²) in [6.07, 6.45) is -1.50. The van der Waals surface area contributed by atoms with E-state index in [1.807, 2.05) is 79.6 Å². The summed E-state index contributed by atoms with van der Waals surface area (Å²) in [6.45, 7) is 6.08. The van der Waals surface area contributed by atoms with Gasteiger partial charge in [-0.25, -0.2) is 0 Å². The number of ether oxygens (including phenoxy) is 4. The van der Waals surface area contributed by atoms with E-state index < -0.39 is 18.0 Å². The van der Waals surface area contributed by atoms with Crippen LogP contribution in [0.3, 0.4) is 0 Å². The lowest BCUT2D eigenvalue weighted by Gasteiger charge is -2.41. The molecule has 0 spiro atoms. The van der Waals surface area contributed by atoms with Gasteiger partial charge < -0.3 is 24.1 Å². The van der Waals surface area contributed by atoms with Crippen molar-refractivity contribution in [2.75, 3.05) is 19.8 Å². The summed E-state index contributed by atoms with van der Waals surface area (Å²) in [4.78, 5) is 6.07. The zero-order valence-corrected chi connectivity index (χ0v) is 19.2. The zero-order valence-electron chi connectivity index (χ0n) is 19.2. The summed E-state index contributed by atoms with van der Waals surface area (Å²) in [5.41, 5.74) is 2.14. The number of rotatable bonds is 7. The third-order valence-corrected chi connectivity index (χ3v) is 6.76. The van der Waals surface area contributed by atoms with E-state index >= 15 is 0 Å². The average Bonchev–Trinajstić information content (AvgIpc) is 3.37. The molecule has 2 saturated heterocycles. The van der Waals surface area contributed by atoms with E-state index in [-0.39, 0.29) is 24.1 Å². The number of hydrogen-bond donors (Lipinski definition) is 1. The van der Waals surface area contributed by atoms with E-state index in [0.29, 0.717) is 33.0 Å². The molecule has 2 heterocycles. The van der Waals surface area contributed by atoms with Crippen molar-refractivity contribution >= 4 is 0 Å². The minimum atomic E-state index is -0.689. The standard InChI is InChI=1S/C26H33NO6/c1-26(2)31-15-20(16-32-26)27-22-21(17-33-27)23(28)25(30-14-19-11-7-4-8-12-19)24(22)29-13-18-9-5-3-6-10-18/h3-12,20-25,28H,13-17H2,1-2H3/t21-,22+,23+,24+,25-/m0/s1. The van der Waals surface area contributed by atoms with Crippen molar-refractivity contribution in [1.82, 2.24) is 5.06 Å². The van der Waals surface area contributed by atoms with Crippen LogP contribution in [0.1, 0.15) is 25.0 Å². The molecule has 7 nitrogen and oxygen atoms in total. The van der Waals surface area contributed by atoms with E-state index in [2.05, 4.69) is 0 Å². The van der Waals surface area contributed by atoms with E-state index in [9.17, 15) is 5.11 Å². The molecule has 0 radical (unpaired) electrons. The molecule has 1 saturated carbocycles. The molecule has 0 unspecified atom stereocenters. The second-order valence-corrected chi connectivity index (χ2v) is 9.50. The van der Waals surface area contributed by atoms with Crippen molar-refractivity contribution in [3.63, 3.8) is 0 Å². The van der Waals surface area contributed by atoms with Crippen LogP contribution in [0, 0.1) is 5.92 Å². The van der Waals surface area contributed by atoms with Crippen LogP contribution in [-0.4, -0.2) is 66.2 Å². The molecule has 5 rings (SSSR count). The molecule has 0 amide bonds. The fourth-order valence-corrected chi connectivity index (χ4v) is 4.97. The van der Waals surface area contributed by atoms with Gasteiger partial charge in [0.1, 0.15) is 12.2 Å². The lowest BCUT2D eigenvalue weighted by atomic mass is 10.0. The number of nitrogens with zero attached hydrogens (tertiary/aromatic N) is 1. The maximum Gasteiger partial charge on any atom is 0.162 e. The van der Waals surface area contributed by atoms with Crippen LogP contribution in [0.4, 0.5) is 0 Å². The number of aliphatic hydroxyl groups excluding tert-OH is 1. The Labute approximate surface area is 195 Å². The summed E-state index contributed by atoms with van der Waals surface area (Å²) in [7, 11) is 0. The van der Waals surface area contributed by atoms with Crippen molar-refractivity contribution in [3.8, 4) is 0 Å². The van der Waals surface area contributed by atoms with Crippen molar-refractivity contribution < 1.29 is 28.9 Å². The second-order valence-electron chi connectivity index (χ2n) is 9.50. The number of fused-ring (bicyclic) bond motifs is 1. The fraction of sp³-hybridized carbons (Fsp3) is 0.538. The van der Waals surface area contributed by atoms with Crippen LogP contribution < -0.4 is 0 Å². The number of hydroxylamine groups is 2. The van der Waals surface area contributed by atoms with Gasteiger partial charge in [-0.1, -0.05) is 60.7 Å². The second kappa shape index (κ2) is 9.80. The molecule has 178 valence electrons. The van der Waals surface area contributed by atoms with E-state index in [4.69, 9.17) is 23.8 Å². The minimum absolute atomic E-state index is 0.0732. The summed E-state index contributed by atoms with van der Waals surface area (Å²) in [5.74, 6) is -0.712. The maximum absolute atomic E-state index is 11.2. The fourth-order valence-electron chi connectivity index (χ4n) is 4.97. The molecule has 0 aromatic heterocycles. The van der Waals surface area contributed by atoms with Crippen molar-refractivity contribution in [3.05, 3.63) is 71.8 Å². The Balaban J connectivity index is 1.34. The lowest BCUT2D eigenvalue weighted by Crippen LogP contribution is -2.55. The summed E-state index contributed by atoms with van der Waals surface area (Å²) < 4.78 is 24.5. The highest BCUT2D eigenvalue weighted by atomic mass is 16.7. The molecule has 3 aliphatic rings. The predicted molar refractivity (Wildman–Crippen MR) is 121 cm³/mol. The Morgan fingerprint density at radius 1 is 0.848 bits per heavy atom. The van der Waals surface area contributed by atoms with Gasteiger partial charge in [0, 0.05) is 5.92 Å². The minimum Gasteiger partial charge on any atom is -0.390 e. The summed E-state index contributed by atoms with van der Waals surface area (Å²) in [5, 5.41) is 13.2. The third kappa shape index (κ3) is 5.00. The van der Waals surface area contributed by atoms with Gasteiger partial charge in [0.25, 0.3) is 0 Å². The molecule has 1 aliphatic carbocycles. The number of hydrogen-bond acceptors (Lipinski definition) is 7. The first-order chi connectivity index (χ1) is 16.0. The van der Waals surface area contributed by atoms with Gasteiger partial charge >= 0.3 is 0 Å². The van der Waals surface area contributed by atoms with Crippen LogP contribution in [0.2, 0.25) is 0 Å². The van der Waals surface area contributed by atoms with Crippen molar-refractivity contribution in [1.29, 1.82) is 0 Å². The Hall–Kier alpha value is -1.84. The van der Waals surface area contributed by atoms with Crippen molar-refractivity contribution in [2.24, 2.45) is 5.92 Å². The lowest BCUT2D eigenvalue weighted by molar-refractivity contribution is -0.302. The predicted octanol–water partition coefficient (Wildman–Crippen LogP) is 2.92. The maximum atomic E-state index is 11.2. The monoisotopic (exact) mass is 455 g/mol. The van der Waals surface area contributed by atoms with Gasteiger partial charge in [0.15, 0.2) is 5.79 Å².